The van der Waals surface area contributed by atoms with Crippen LogP contribution >= 0.6 is 0 Å². The highest BCUT2D eigenvalue weighted by Gasteiger charge is 2.26. The quantitative estimate of drug-likeness (QED) is 0.824. The first-order chi connectivity index (χ1) is 14.6. The molecule has 0 unspecified atom stereocenters. The molecular formula is C24H32N4O2. The van der Waals surface area contributed by atoms with Crippen molar-refractivity contribution >= 4 is 11.6 Å². The minimum absolute atomic E-state index is 0.250. The average Bonchev–Trinajstić information content (AvgIpc) is 2.80. The van der Waals surface area contributed by atoms with Crippen LogP contribution in [0.15, 0.2) is 54.6 Å². The minimum atomic E-state index is 0.250. The fraction of sp³-hybridized carbons (Fsp3) is 0.458. The summed E-state index contributed by atoms with van der Waals surface area (Å²) >= 11 is 0. The molecule has 2 aliphatic rings. The van der Waals surface area contributed by atoms with Crippen LogP contribution in [0.25, 0.3) is 0 Å². The predicted molar refractivity (Wildman–Crippen MR) is 120 cm³/mol. The zero-order valence-corrected chi connectivity index (χ0v) is 17.8. The molecule has 0 saturated carbocycles. The van der Waals surface area contributed by atoms with Gasteiger partial charge in [-0.25, -0.2) is 0 Å². The van der Waals surface area contributed by atoms with E-state index in [0.29, 0.717) is 18.3 Å². The van der Waals surface area contributed by atoms with Crippen LogP contribution in [-0.4, -0.2) is 84.6 Å². The van der Waals surface area contributed by atoms with E-state index < -0.39 is 0 Å². The minimum Gasteiger partial charge on any atom is -0.508 e. The van der Waals surface area contributed by atoms with Gasteiger partial charge in [0.1, 0.15) is 5.75 Å². The lowest BCUT2D eigenvalue weighted by molar-refractivity contribution is -0.134. The van der Waals surface area contributed by atoms with Crippen LogP contribution in [0.5, 0.6) is 5.75 Å². The lowest BCUT2D eigenvalue weighted by Crippen LogP contribution is -2.54. The lowest BCUT2D eigenvalue weighted by atomic mass is 10.1. The van der Waals surface area contributed by atoms with Crippen molar-refractivity contribution in [1.29, 1.82) is 0 Å². The van der Waals surface area contributed by atoms with Gasteiger partial charge in [0.15, 0.2) is 0 Å². The number of amides is 1. The molecule has 0 radical (unpaired) electrons. The van der Waals surface area contributed by atoms with Gasteiger partial charge >= 0.3 is 0 Å². The van der Waals surface area contributed by atoms with Gasteiger partial charge in [0.25, 0.3) is 0 Å². The monoisotopic (exact) mass is 408 g/mol. The molecule has 2 saturated heterocycles. The highest BCUT2D eigenvalue weighted by molar-refractivity contribution is 5.78. The number of hydrogen-bond acceptors (Lipinski definition) is 5. The van der Waals surface area contributed by atoms with Gasteiger partial charge in [0, 0.05) is 64.1 Å². The van der Waals surface area contributed by atoms with Crippen molar-refractivity contribution in [2.75, 3.05) is 63.8 Å². The third-order valence-electron chi connectivity index (χ3n) is 6.44. The van der Waals surface area contributed by atoms with Crippen LogP contribution < -0.4 is 4.90 Å². The van der Waals surface area contributed by atoms with Crippen molar-refractivity contribution in [1.82, 2.24) is 14.7 Å². The normalized spacial score (nSPS) is 19.6. The van der Waals surface area contributed by atoms with Gasteiger partial charge in [0.2, 0.25) is 5.91 Å². The Bertz CT molecular complexity index is 811. The molecular weight excluding hydrogens is 376 g/mol. The number of rotatable bonds is 5. The van der Waals surface area contributed by atoms with Gasteiger partial charge < -0.3 is 14.9 Å². The van der Waals surface area contributed by atoms with E-state index >= 15 is 0 Å². The van der Waals surface area contributed by atoms with Crippen molar-refractivity contribution in [3.8, 4) is 5.75 Å². The van der Waals surface area contributed by atoms with E-state index in [1.165, 1.54) is 5.56 Å². The van der Waals surface area contributed by atoms with E-state index in [1.54, 1.807) is 12.1 Å². The molecule has 2 aromatic rings. The number of hydrogen-bond donors (Lipinski definition) is 1. The molecule has 2 fully saturated rings. The molecule has 4 rings (SSSR count). The molecule has 1 atom stereocenters. The summed E-state index contributed by atoms with van der Waals surface area (Å²) < 4.78 is 0. The Balaban J connectivity index is 1.21. The third kappa shape index (κ3) is 4.94. The fourth-order valence-electron chi connectivity index (χ4n) is 4.42. The van der Waals surface area contributed by atoms with Gasteiger partial charge in [-0.05, 0) is 36.8 Å². The predicted octanol–water partition coefficient (Wildman–Crippen LogP) is 2.42. The molecule has 6 nitrogen and oxygen atoms in total. The van der Waals surface area contributed by atoms with E-state index in [9.17, 15) is 9.90 Å². The van der Waals surface area contributed by atoms with E-state index in [4.69, 9.17) is 0 Å². The maximum Gasteiger partial charge on any atom is 0.236 e. The maximum absolute atomic E-state index is 12.8. The number of phenols is 1. The van der Waals surface area contributed by atoms with E-state index in [-0.39, 0.29) is 5.91 Å². The van der Waals surface area contributed by atoms with Gasteiger partial charge in [-0.1, -0.05) is 30.3 Å². The summed E-state index contributed by atoms with van der Waals surface area (Å²) in [5.74, 6) is 0.543. The number of aromatic hydroxyl groups is 1. The van der Waals surface area contributed by atoms with Crippen LogP contribution in [0.2, 0.25) is 0 Å². The van der Waals surface area contributed by atoms with Crippen LogP contribution in [0.3, 0.4) is 0 Å². The first-order valence-corrected chi connectivity index (χ1v) is 10.9. The van der Waals surface area contributed by atoms with Crippen molar-refractivity contribution in [2.45, 2.75) is 13.0 Å². The van der Waals surface area contributed by atoms with E-state index in [0.717, 1.165) is 58.0 Å². The third-order valence-corrected chi connectivity index (χ3v) is 6.44. The Morgan fingerprint density at radius 1 is 0.867 bits per heavy atom. The fourth-order valence-corrected chi connectivity index (χ4v) is 4.42. The SMILES string of the molecule is C[C@H](c1ccccc1)N1CCN(C(=O)CN2CCN(c3ccc(O)cc3)CC2)CC1. The zero-order chi connectivity index (χ0) is 20.9. The number of phenolic OH excluding ortho intramolecular Hbond substituents is 1. The number of carbonyl (C=O) groups excluding carboxylic acids is 1. The molecule has 1 N–H and O–H groups in total. The summed E-state index contributed by atoms with van der Waals surface area (Å²) in [4.78, 5) is 21.9. The van der Waals surface area contributed by atoms with Gasteiger partial charge in [-0.15, -0.1) is 0 Å². The molecule has 2 aromatic carbocycles. The molecule has 30 heavy (non-hydrogen) atoms. The molecule has 160 valence electrons. The molecule has 0 aromatic heterocycles. The van der Waals surface area contributed by atoms with Crippen LogP contribution in [-0.2, 0) is 4.79 Å². The maximum atomic E-state index is 12.8. The standard InChI is InChI=1S/C24H32N4O2/c1-20(21-5-3-2-4-6-21)26-15-17-28(18-16-26)24(30)19-25-11-13-27(14-12-25)22-7-9-23(29)10-8-22/h2-10,20,29H,11-19H2,1H3/t20-/m1/s1. The first kappa shape index (κ1) is 20.7. The van der Waals surface area contributed by atoms with Crippen LogP contribution in [0.4, 0.5) is 5.69 Å². The van der Waals surface area contributed by atoms with Crippen LogP contribution in [0, 0.1) is 0 Å². The molecule has 2 heterocycles. The molecule has 2 aliphatic heterocycles. The number of nitrogens with zero attached hydrogens (tertiary/aromatic N) is 4. The van der Waals surface area contributed by atoms with Crippen molar-refractivity contribution < 1.29 is 9.90 Å². The molecule has 0 bridgehead atoms. The summed E-state index contributed by atoms with van der Waals surface area (Å²) in [5.41, 5.74) is 2.46. The number of benzene rings is 2. The molecule has 6 heteroatoms. The highest BCUT2D eigenvalue weighted by atomic mass is 16.3. The Morgan fingerprint density at radius 2 is 1.50 bits per heavy atom. The summed E-state index contributed by atoms with van der Waals surface area (Å²) in [6, 6.07) is 18.3. The van der Waals surface area contributed by atoms with Gasteiger partial charge in [-0.3, -0.25) is 14.6 Å². The molecule has 1 amide bonds. The number of anilines is 1. The van der Waals surface area contributed by atoms with Gasteiger partial charge in [-0.2, -0.15) is 0 Å². The highest BCUT2D eigenvalue weighted by Crippen LogP contribution is 2.22. The Morgan fingerprint density at radius 3 is 2.13 bits per heavy atom. The van der Waals surface area contributed by atoms with Gasteiger partial charge in [0.05, 0.1) is 6.54 Å². The summed E-state index contributed by atoms with van der Waals surface area (Å²) in [7, 11) is 0. The number of carbonyl (C=O) groups is 1. The summed E-state index contributed by atoms with van der Waals surface area (Å²) in [5, 5.41) is 9.45. The smallest absolute Gasteiger partial charge is 0.236 e. The second kappa shape index (κ2) is 9.49. The van der Waals surface area contributed by atoms with Crippen molar-refractivity contribution in [3.05, 3.63) is 60.2 Å². The lowest BCUT2D eigenvalue weighted by Gasteiger charge is -2.40. The summed E-state index contributed by atoms with van der Waals surface area (Å²) in [6.45, 7) is 9.81. The largest absolute Gasteiger partial charge is 0.508 e. The Labute approximate surface area is 179 Å². The van der Waals surface area contributed by atoms with Crippen molar-refractivity contribution in [2.24, 2.45) is 0 Å². The second-order valence-corrected chi connectivity index (χ2v) is 8.28. The van der Waals surface area contributed by atoms with E-state index in [2.05, 4.69) is 52.0 Å². The van der Waals surface area contributed by atoms with E-state index in [1.807, 2.05) is 17.0 Å². The molecule has 0 spiro atoms. The summed E-state index contributed by atoms with van der Waals surface area (Å²) in [6.07, 6.45) is 0. The van der Waals surface area contributed by atoms with Crippen molar-refractivity contribution in [3.63, 3.8) is 0 Å². The number of piperazine rings is 2. The first-order valence-electron chi connectivity index (χ1n) is 10.9. The topological polar surface area (TPSA) is 50.3 Å². The zero-order valence-electron chi connectivity index (χ0n) is 17.8. The Hall–Kier alpha value is -2.57. The van der Waals surface area contributed by atoms with Crippen LogP contribution in [0.1, 0.15) is 18.5 Å². The second-order valence-electron chi connectivity index (χ2n) is 8.28. The Kier molecular flexibility index (Phi) is 6.55. The average molecular weight is 409 g/mol. The molecule has 0 aliphatic carbocycles.